The van der Waals surface area contributed by atoms with Gasteiger partial charge in [-0.1, -0.05) is 0 Å². The summed E-state index contributed by atoms with van der Waals surface area (Å²) >= 11 is 0. The van der Waals surface area contributed by atoms with Crippen LogP contribution >= 0.6 is 0 Å². The fourth-order valence-electron chi connectivity index (χ4n) is 1.07. The van der Waals surface area contributed by atoms with Crippen LogP contribution in [0, 0.1) is 0 Å². The number of nitrogens with two attached hydrogens (primary N) is 1. The highest BCUT2D eigenvalue weighted by Gasteiger charge is 2.33. The summed E-state index contributed by atoms with van der Waals surface area (Å²) in [5.74, 6) is 4.74. The smallest absolute Gasteiger partial charge is 0.304 e. The number of rotatable bonds is 3. The molecule has 2 N–H and O–H groups in total. The van der Waals surface area contributed by atoms with E-state index in [-0.39, 0.29) is 18.6 Å². The molecular weight excluding hydrogens is 197 g/mol. The Bertz CT molecular complexity index is 301. The molecule has 0 aliphatic heterocycles. The van der Waals surface area contributed by atoms with Crippen molar-refractivity contribution in [2.45, 2.75) is 12.6 Å². The van der Waals surface area contributed by atoms with E-state index in [0.717, 1.165) is 6.20 Å². The van der Waals surface area contributed by atoms with Gasteiger partial charge in [-0.3, -0.25) is 4.98 Å². The van der Waals surface area contributed by atoms with Gasteiger partial charge in [-0.2, -0.15) is 13.2 Å². The molecule has 0 amide bonds. The Morgan fingerprint density at radius 1 is 1.43 bits per heavy atom. The first kappa shape index (κ1) is 10.9. The first-order chi connectivity index (χ1) is 6.55. The van der Waals surface area contributed by atoms with Crippen LogP contribution in [0.4, 0.5) is 13.2 Å². The Kier molecular flexibility index (Phi) is 3.43. The third kappa shape index (κ3) is 2.68. The van der Waals surface area contributed by atoms with Crippen LogP contribution in [-0.2, 0) is 17.4 Å². The summed E-state index contributed by atoms with van der Waals surface area (Å²) in [4.78, 5) is 7.65. The fourth-order valence-corrected chi connectivity index (χ4v) is 1.07. The second kappa shape index (κ2) is 4.39. The first-order valence-electron chi connectivity index (χ1n) is 3.87. The summed E-state index contributed by atoms with van der Waals surface area (Å²) < 4.78 is 37.1. The lowest BCUT2D eigenvalue weighted by Crippen LogP contribution is -2.12. The average molecular weight is 206 g/mol. The number of halogens is 3. The molecule has 6 heteroatoms. The molecule has 0 atom stereocenters. The maximum atomic E-state index is 12.4. The maximum absolute atomic E-state index is 12.4. The molecule has 1 rings (SSSR count). The SMILES string of the molecule is NOCCc1ccncc1C(F)(F)F. The Balaban J connectivity index is 2.92. The van der Waals surface area contributed by atoms with Crippen LogP contribution in [0.2, 0.25) is 0 Å². The molecule has 0 aliphatic carbocycles. The van der Waals surface area contributed by atoms with Gasteiger partial charge in [0.2, 0.25) is 0 Å². The van der Waals surface area contributed by atoms with Crippen LogP contribution in [0.5, 0.6) is 0 Å². The molecule has 0 fully saturated rings. The molecule has 0 unspecified atom stereocenters. The number of alkyl halides is 3. The highest BCUT2D eigenvalue weighted by molar-refractivity contribution is 5.26. The topological polar surface area (TPSA) is 48.1 Å². The van der Waals surface area contributed by atoms with Crippen LogP contribution < -0.4 is 5.90 Å². The van der Waals surface area contributed by atoms with Gasteiger partial charge in [-0.05, 0) is 18.1 Å². The van der Waals surface area contributed by atoms with Crippen molar-refractivity contribution in [3.8, 4) is 0 Å². The maximum Gasteiger partial charge on any atom is 0.418 e. The second-order valence-corrected chi connectivity index (χ2v) is 2.65. The molecule has 14 heavy (non-hydrogen) atoms. The van der Waals surface area contributed by atoms with Gasteiger partial charge < -0.3 is 4.84 Å². The van der Waals surface area contributed by atoms with E-state index in [0.29, 0.717) is 0 Å². The van der Waals surface area contributed by atoms with Crippen LogP contribution in [0.15, 0.2) is 18.5 Å². The Labute approximate surface area is 78.6 Å². The van der Waals surface area contributed by atoms with E-state index in [1.165, 1.54) is 12.3 Å². The van der Waals surface area contributed by atoms with Gasteiger partial charge in [0.05, 0.1) is 12.2 Å². The van der Waals surface area contributed by atoms with E-state index in [1.54, 1.807) is 0 Å². The van der Waals surface area contributed by atoms with Gasteiger partial charge in [0, 0.05) is 12.4 Å². The summed E-state index contributed by atoms with van der Waals surface area (Å²) in [5.41, 5.74) is -0.602. The van der Waals surface area contributed by atoms with E-state index in [1.807, 2.05) is 0 Å². The number of aromatic nitrogens is 1. The highest BCUT2D eigenvalue weighted by Crippen LogP contribution is 2.31. The zero-order chi connectivity index (χ0) is 10.6. The van der Waals surface area contributed by atoms with Gasteiger partial charge >= 0.3 is 6.18 Å². The van der Waals surface area contributed by atoms with Crippen LogP contribution in [-0.4, -0.2) is 11.6 Å². The Morgan fingerprint density at radius 3 is 2.71 bits per heavy atom. The predicted molar refractivity (Wildman–Crippen MR) is 43.1 cm³/mol. The number of pyridine rings is 1. The molecule has 1 heterocycles. The van der Waals surface area contributed by atoms with Crippen LogP contribution in [0.25, 0.3) is 0 Å². The summed E-state index contributed by atoms with van der Waals surface area (Å²) in [5, 5.41) is 0. The number of hydrogen-bond acceptors (Lipinski definition) is 3. The largest absolute Gasteiger partial charge is 0.418 e. The van der Waals surface area contributed by atoms with E-state index in [2.05, 4.69) is 9.82 Å². The Hall–Kier alpha value is -1.14. The number of hydrogen-bond donors (Lipinski definition) is 1. The van der Waals surface area contributed by atoms with Crippen molar-refractivity contribution >= 4 is 0 Å². The van der Waals surface area contributed by atoms with E-state index in [9.17, 15) is 13.2 Å². The van der Waals surface area contributed by atoms with Gasteiger partial charge in [0.15, 0.2) is 0 Å². The quantitative estimate of drug-likeness (QED) is 0.763. The van der Waals surface area contributed by atoms with Gasteiger partial charge in [0.25, 0.3) is 0 Å². The Morgan fingerprint density at radius 2 is 2.14 bits per heavy atom. The molecule has 0 spiro atoms. The van der Waals surface area contributed by atoms with Crippen molar-refractivity contribution in [2.75, 3.05) is 6.61 Å². The second-order valence-electron chi connectivity index (χ2n) is 2.65. The normalized spacial score (nSPS) is 11.7. The molecule has 0 radical (unpaired) electrons. The van der Waals surface area contributed by atoms with Gasteiger partial charge in [-0.15, -0.1) is 0 Å². The van der Waals surface area contributed by atoms with Gasteiger partial charge in [-0.25, -0.2) is 5.90 Å². The van der Waals surface area contributed by atoms with Crippen molar-refractivity contribution in [2.24, 2.45) is 5.90 Å². The van der Waals surface area contributed by atoms with E-state index < -0.39 is 11.7 Å². The molecule has 0 aromatic carbocycles. The van der Waals surface area contributed by atoms with Crippen molar-refractivity contribution < 1.29 is 18.0 Å². The standard InChI is InChI=1S/C8H9F3N2O/c9-8(10,11)7-5-13-3-1-6(7)2-4-14-12/h1,3,5H,2,4,12H2. The zero-order valence-electron chi connectivity index (χ0n) is 7.21. The predicted octanol–water partition coefficient (Wildman–Crippen LogP) is 1.53. The number of nitrogens with zero attached hydrogens (tertiary/aromatic N) is 1. The zero-order valence-corrected chi connectivity index (χ0v) is 7.21. The molecule has 0 saturated heterocycles. The van der Waals surface area contributed by atoms with E-state index >= 15 is 0 Å². The summed E-state index contributed by atoms with van der Waals surface area (Å²) in [6, 6.07) is 1.31. The minimum atomic E-state index is -4.38. The summed E-state index contributed by atoms with van der Waals surface area (Å²) in [7, 11) is 0. The van der Waals surface area contributed by atoms with Gasteiger partial charge in [0.1, 0.15) is 0 Å². The first-order valence-corrected chi connectivity index (χ1v) is 3.87. The minimum Gasteiger partial charge on any atom is -0.304 e. The van der Waals surface area contributed by atoms with E-state index in [4.69, 9.17) is 5.90 Å². The summed E-state index contributed by atoms with van der Waals surface area (Å²) in [6.45, 7) is 0.0487. The molecule has 0 aliphatic rings. The van der Waals surface area contributed by atoms with Crippen molar-refractivity contribution in [1.29, 1.82) is 0 Å². The minimum absolute atomic E-state index is 0.0487. The lowest BCUT2D eigenvalue weighted by Gasteiger charge is -2.10. The molecule has 1 aromatic rings. The van der Waals surface area contributed by atoms with Crippen molar-refractivity contribution in [3.63, 3.8) is 0 Å². The third-order valence-corrected chi connectivity index (χ3v) is 1.71. The lowest BCUT2D eigenvalue weighted by atomic mass is 10.1. The molecule has 0 bridgehead atoms. The third-order valence-electron chi connectivity index (χ3n) is 1.71. The summed E-state index contributed by atoms with van der Waals surface area (Å²) in [6.07, 6.45) is -2.15. The molecule has 0 saturated carbocycles. The van der Waals surface area contributed by atoms with Crippen LogP contribution in [0.3, 0.4) is 0 Å². The molecule has 3 nitrogen and oxygen atoms in total. The molecular formula is C8H9F3N2O. The van der Waals surface area contributed by atoms with Crippen molar-refractivity contribution in [3.05, 3.63) is 29.6 Å². The molecule has 78 valence electrons. The van der Waals surface area contributed by atoms with Crippen molar-refractivity contribution in [1.82, 2.24) is 4.98 Å². The van der Waals surface area contributed by atoms with Crippen LogP contribution in [0.1, 0.15) is 11.1 Å². The fraction of sp³-hybridized carbons (Fsp3) is 0.375. The monoisotopic (exact) mass is 206 g/mol. The highest BCUT2D eigenvalue weighted by atomic mass is 19.4. The molecule has 1 aromatic heterocycles. The average Bonchev–Trinajstić information content (AvgIpc) is 2.14. The lowest BCUT2D eigenvalue weighted by molar-refractivity contribution is -0.138.